The maximum absolute atomic E-state index is 6.00. The van der Waals surface area contributed by atoms with E-state index >= 15 is 0 Å². The van der Waals surface area contributed by atoms with Gasteiger partial charge in [0.05, 0.1) is 12.2 Å². The first-order chi connectivity index (χ1) is 11.2. The summed E-state index contributed by atoms with van der Waals surface area (Å²) in [5.74, 6) is 0.804. The second-order valence-electron chi connectivity index (χ2n) is 5.27. The lowest BCUT2D eigenvalue weighted by Crippen LogP contribution is -2.38. The molecule has 0 fully saturated rings. The third-order valence-electron chi connectivity index (χ3n) is 3.28. The Labute approximate surface area is 166 Å². The van der Waals surface area contributed by atoms with Gasteiger partial charge in [0.1, 0.15) is 0 Å². The Bertz CT molecular complexity index is 661. The molecule has 0 aliphatic carbocycles. The largest absolute Gasteiger partial charge is 0.357 e. The smallest absolute Gasteiger partial charge is 0.191 e. The van der Waals surface area contributed by atoms with Gasteiger partial charge in [-0.05, 0) is 50.1 Å². The number of aliphatic imine (C=N–C) groups is 1. The van der Waals surface area contributed by atoms with Crippen molar-refractivity contribution in [2.75, 3.05) is 13.1 Å². The van der Waals surface area contributed by atoms with Crippen LogP contribution in [0.5, 0.6) is 0 Å². The Balaban J connectivity index is 0.00000288. The molecule has 0 radical (unpaired) electrons. The molecule has 0 unspecified atom stereocenters. The molecular formula is C18H24ClIN4. The van der Waals surface area contributed by atoms with Crippen LogP contribution in [-0.2, 0) is 13.0 Å². The van der Waals surface area contributed by atoms with Crippen LogP contribution in [0.25, 0.3) is 0 Å². The van der Waals surface area contributed by atoms with E-state index in [1.807, 2.05) is 43.3 Å². The topological polar surface area (TPSA) is 49.3 Å². The lowest BCUT2D eigenvalue weighted by atomic mass is 10.1. The number of nitrogens with one attached hydrogen (secondary N) is 2. The Morgan fingerprint density at radius 1 is 1.17 bits per heavy atom. The monoisotopic (exact) mass is 458 g/mol. The number of aromatic nitrogens is 1. The number of hydrogen-bond donors (Lipinski definition) is 2. The SMILES string of the molecule is CCNC(=NCc1cccc(C)n1)NCCc1cccc(Cl)c1.I. The van der Waals surface area contributed by atoms with Crippen LogP contribution in [0, 0.1) is 6.92 Å². The summed E-state index contributed by atoms with van der Waals surface area (Å²) in [6.45, 7) is 6.23. The minimum Gasteiger partial charge on any atom is -0.357 e. The molecule has 0 bridgehead atoms. The fraction of sp³-hybridized carbons (Fsp3) is 0.333. The molecule has 1 aromatic carbocycles. The van der Waals surface area contributed by atoms with Gasteiger partial charge in [-0.15, -0.1) is 24.0 Å². The highest BCUT2D eigenvalue weighted by atomic mass is 127. The van der Waals surface area contributed by atoms with Crippen molar-refractivity contribution in [2.45, 2.75) is 26.8 Å². The first-order valence-electron chi connectivity index (χ1n) is 7.86. The second-order valence-corrected chi connectivity index (χ2v) is 5.71. The Kier molecular flexibility index (Phi) is 9.71. The molecule has 1 heterocycles. The van der Waals surface area contributed by atoms with Crippen molar-refractivity contribution in [3.05, 3.63) is 64.4 Å². The van der Waals surface area contributed by atoms with Crippen LogP contribution in [0.2, 0.25) is 5.02 Å². The summed E-state index contributed by atoms with van der Waals surface area (Å²) in [6, 6.07) is 13.9. The number of pyridine rings is 1. The average Bonchev–Trinajstić information content (AvgIpc) is 2.53. The molecule has 2 rings (SSSR count). The molecule has 1 aromatic heterocycles. The molecule has 130 valence electrons. The van der Waals surface area contributed by atoms with E-state index in [1.54, 1.807) is 0 Å². The van der Waals surface area contributed by atoms with Crippen LogP contribution in [0.1, 0.15) is 23.9 Å². The predicted molar refractivity (Wildman–Crippen MR) is 112 cm³/mol. The van der Waals surface area contributed by atoms with Crippen LogP contribution in [0.3, 0.4) is 0 Å². The van der Waals surface area contributed by atoms with E-state index in [2.05, 4.69) is 33.6 Å². The first-order valence-corrected chi connectivity index (χ1v) is 8.24. The third kappa shape index (κ3) is 7.49. The normalized spacial score (nSPS) is 10.9. The van der Waals surface area contributed by atoms with Crippen LogP contribution in [-0.4, -0.2) is 24.0 Å². The molecule has 0 aliphatic heterocycles. The summed E-state index contributed by atoms with van der Waals surface area (Å²) >= 11 is 6.00. The van der Waals surface area contributed by atoms with Crippen molar-refractivity contribution in [3.63, 3.8) is 0 Å². The Morgan fingerprint density at radius 3 is 2.67 bits per heavy atom. The number of guanidine groups is 1. The highest BCUT2D eigenvalue weighted by molar-refractivity contribution is 14.0. The Hall–Kier alpha value is -1.34. The van der Waals surface area contributed by atoms with Crippen molar-refractivity contribution in [3.8, 4) is 0 Å². The van der Waals surface area contributed by atoms with Crippen molar-refractivity contribution in [1.82, 2.24) is 15.6 Å². The van der Waals surface area contributed by atoms with Gasteiger partial charge in [0, 0.05) is 23.8 Å². The van der Waals surface area contributed by atoms with Gasteiger partial charge in [0.15, 0.2) is 5.96 Å². The summed E-state index contributed by atoms with van der Waals surface area (Å²) in [7, 11) is 0. The van der Waals surface area contributed by atoms with Gasteiger partial charge in [-0.3, -0.25) is 4.98 Å². The average molecular weight is 459 g/mol. The fourth-order valence-electron chi connectivity index (χ4n) is 2.21. The zero-order valence-electron chi connectivity index (χ0n) is 14.1. The second kappa shape index (κ2) is 11.3. The molecule has 0 saturated carbocycles. The van der Waals surface area contributed by atoms with Gasteiger partial charge in [-0.2, -0.15) is 0 Å². The lowest BCUT2D eigenvalue weighted by molar-refractivity contribution is 0.796. The molecule has 0 amide bonds. The van der Waals surface area contributed by atoms with Crippen molar-refractivity contribution in [1.29, 1.82) is 0 Å². The molecule has 0 spiro atoms. The summed E-state index contributed by atoms with van der Waals surface area (Å²) in [6.07, 6.45) is 0.896. The summed E-state index contributed by atoms with van der Waals surface area (Å²) < 4.78 is 0. The number of rotatable bonds is 6. The van der Waals surface area contributed by atoms with Gasteiger partial charge in [-0.25, -0.2) is 4.99 Å². The minimum absolute atomic E-state index is 0. The number of nitrogens with zero attached hydrogens (tertiary/aromatic N) is 2. The molecular weight excluding hydrogens is 435 g/mol. The summed E-state index contributed by atoms with van der Waals surface area (Å²) in [4.78, 5) is 9.04. The lowest BCUT2D eigenvalue weighted by Gasteiger charge is -2.11. The molecule has 4 nitrogen and oxygen atoms in total. The van der Waals surface area contributed by atoms with E-state index in [0.29, 0.717) is 6.54 Å². The molecule has 2 N–H and O–H groups in total. The molecule has 24 heavy (non-hydrogen) atoms. The van der Waals surface area contributed by atoms with Gasteiger partial charge < -0.3 is 10.6 Å². The van der Waals surface area contributed by atoms with Crippen LogP contribution in [0.15, 0.2) is 47.5 Å². The highest BCUT2D eigenvalue weighted by Gasteiger charge is 2.00. The van der Waals surface area contributed by atoms with E-state index in [0.717, 1.165) is 41.9 Å². The zero-order valence-corrected chi connectivity index (χ0v) is 17.1. The van der Waals surface area contributed by atoms with E-state index in [1.165, 1.54) is 5.56 Å². The number of hydrogen-bond acceptors (Lipinski definition) is 2. The van der Waals surface area contributed by atoms with Crippen molar-refractivity contribution < 1.29 is 0 Å². The van der Waals surface area contributed by atoms with Gasteiger partial charge in [-0.1, -0.05) is 29.8 Å². The number of benzene rings is 1. The van der Waals surface area contributed by atoms with Crippen molar-refractivity contribution in [2.24, 2.45) is 4.99 Å². The third-order valence-corrected chi connectivity index (χ3v) is 3.52. The van der Waals surface area contributed by atoms with E-state index in [4.69, 9.17) is 11.6 Å². The van der Waals surface area contributed by atoms with Crippen LogP contribution < -0.4 is 10.6 Å². The first kappa shape index (κ1) is 20.7. The number of aryl methyl sites for hydroxylation is 1. The van der Waals surface area contributed by atoms with E-state index < -0.39 is 0 Å². The molecule has 6 heteroatoms. The molecule has 0 aliphatic rings. The predicted octanol–water partition coefficient (Wildman–Crippen LogP) is 3.96. The standard InChI is InChI=1S/C18H23ClN4.HI/c1-3-20-18(22-13-17-9-4-6-14(2)23-17)21-11-10-15-7-5-8-16(19)12-15;/h4-9,12H,3,10-11,13H2,1-2H3,(H2,20,21,22);1H. The zero-order chi connectivity index (χ0) is 16.5. The molecule has 0 saturated heterocycles. The highest BCUT2D eigenvalue weighted by Crippen LogP contribution is 2.10. The quantitative estimate of drug-likeness (QED) is 0.391. The van der Waals surface area contributed by atoms with Gasteiger partial charge >= 0.3 is 0 Å². The van der Waals surface area contributed by atoms with E-state index in [-0.39, 0.29) is 24.0 Å². The van der Waals surface area contributed by atoms with E-state index in [9.17, 15) is 0 Å². The van der Waals surface area contributed by atoms with Gasteiger partial charge in [0.25, 0.3) is 0 Å². The summed E-state index contributed by atoms with van der Waals surface area (Å²) in [5.41, 5.74) is 3.19. The summed E-state index contributed by atoms with van der Waals surface area (Å²) in [5, 5.41) is 7.36. The maximum Gasteiger partial charge on any atom is 0.191 e. The van der Waals surface area contributed by atoms with Gasteiger partial charge in [0.2, 0.25) is 0 Å². The van der Waals surface area contributed by atoms with Crippen molar-refractivity contribution >= 4 is 41.5 Å². The number of halogens is 2. The molecule has 0 atom stereocenters. The molecule has 2 aromatic rings. The minimum atomic E-state index is 0. The van der Waals surface area contributed by atoms with Crippen LogP contribution in [0.4, 0.5) is 0 Å². The maximum atomic E-state index is 6.00. The fourth-order valence-corrected chi connectivity index (χ4v) is 2.42. The Morgan fingerprint density at radius 2 is 1.96 bits per heavy atom. The van der Waals surface area contributed by atoms with Crippen LogP contribution >= 0.6 is 35.6 Å².